The van der Waals surface area contributed by atoms with Crippen molar-refractivity contribution >= 4 is 39.2 Å². The van der Waals surface area contributed by atoms with Gasteiger partial charge in [0.15, 0.2) is 0 Å². The summed E-state index contributed by atoms with van der Waals surface area (Å²) in [4.78, 5) is 33.4. The van der Waals surface area contributed by atoms with Gasteiger partial charge in [-0.1, -0.05) is 0 Å². The summed E-state index contributed by atoms with van der Waals surface area (Å²) < 4.78 is 0. The molecular formula is C12H13N5O3S. The van der Waals surface area contributed by atoms with Crippen LogP contribution in [-0.2, 0) is 0 Å². The van der Waals surface area contributed by atoms with Gasteiger partial charge in [-0.25, -0.2) is 14.8 Å². The molecule has 4 N–H and O–H groups in total. The molecule has 0 unspecified atom stereocenters. The Hall–Kier alpha value is -2.26. The predicted octanol–water partition coefficient (Wildman–Crippen LogP) is -0.102. The summed E-state index contributed by atoms with van der Waals surface area (Å²) in [5, 5.41) is 14.5. The second-order valence-corrected chi connectivity index (χ2v) is 5.46. The van der Waals surface area contributed by atoms with Crippen molar-refractivity contribution in [3.05, 3.63) is 16.8 Å². The van der Waals surface area contributed by atoms with Crippen molar-refractivity contribution in [2.45, 2.75) is 0 Å². The predicted molar refractivity (Wildman–Crippen MR) is 78.0 cm³/mol. The van der Waals surface area contributed by atoms with E-state index in [0.29, 0.717) is 29.1 Å². The molecule has 0 bridgehead atoms. The zero-order valence-corrected chi connectivity index (χ0v) is 11.8. The Bertz CT molecular complexity index is 723. The van der Waals surface area contributed by atoms with Crippen LogP contribution in [0.3, 0.4) is 0 Å². The summed E-state index contributed by atoms with van der Waals surface area (Å²) in [5.41, 5.74) is 5.42. The minimum Gasteiger partial charge on any atom is -0.478 e. The lowest BCUT2D eigenvalue weighted by Crippen LogP contribution is -2.44. The largest absolute Gasteiger partial charge is 0.478 e. The number of hydrogen-bond donors (Lipinski definition) is 3. The second kappa shape index (κ2) is 5.26. The van der Waals surface area contributed by atoms with Crippen LogP contribution >= 0.6 is 11.3 Å². The highest BCUT2D eigenvalue weighted by atomic mass is 32.1. The van der Waals surface area contributed by atoms with Crippen molar-refractivity contribution in [1.29, 1.82) is 0 Å². The quantitative estimate of drug-likeness (QED) is 0.723. The van der Waals surface area contributed by atoms with E-state index in [0.717, 1.165) is 13.1 Å². The van der Waals surface area contributed by atoms with Gasteiger partial charge in [0.2, 0.25) is 5.82 Å². The number of nitrogens with two attached hydrogens (primary N) is 1. The third-order valence-electron chi connectivity index (χ3n) is 3.28. The number of carboxylic acid groups (broad SMARTS) is 1. The molecule has 0 spiro atoms. The van der Waals surface area contributed by atoms with Crippen molar-refractivity contribution in [2.24, 2.45) is 5.73 Å². The fourth-order valence-electron chi connectivity index (χ4n) is 2.30. The second-order valence-electron chi connectivity index (χ2n) is 4.61. The van der Waals surface area contributed by atoms with Crippen LogP contribution in [0.15, 0.2) is 5.38 Å². The number of aromatic carboxylic acids is 1. The number of primary amides is 1. The minimum atomic E-state index is -1.03. The van der Waals surface area contributed by atoms with Crippen LogP contribution in [0.25, 0.3) is 10.2 Å². The van der Waals surface area contributed by atoms with Gasteiger partial charge in [0.25, 0.3) is 5.91 Å². The molecule has 1 aliphatic rings. The van der Waals surface area contributed by atoms with E-state index in [4.69, 9.17) is 5.73 Å². The molecule has 0 radical (unpaired) electrons. The highest BCUT2D eigenvalue weighted by Crippen LogP contribution is 2.32. The van der Waals surface area contributed by atoms with Crippen molar-refractivity contribution < 1.29 is 14.7 Å². The first kappa shape index (κ1) is 13.7. The molecule has 0 atom stereocenters. The number of fused-ring (bicyclic) bond motifs is 1. The van der Waals surface area contributed by atoms with E-state index in [-0.39, 0.29) is 11.4 Å². The van der Waals surface area contributed by atoms with E-state index in [1.54, 1.807) is 0 Å². The smallest absolute Gasteiger partial charge is 0.337 e. The molecule has 1 amide bonds. The summed E-state index contributed by atoms with van der Waals surface area (Å²) in [5.74, 6) is -1.38. The highest BCUT2D eigenvalue weighted by molar-refractivity contribution is 7.17. The number of aromatic nitrogens is 2. The van der Waals surface area contributed by atoms with Gasteiger partial charge in [0.05, 0.1) is 10.9 Å². The fourth-order valence-corrected chi connectivity index (χ4v) is 3.20. The Kier molecular flexibility index (Phi) is 3.43. The monoisotopic (exact) mass is 307 g/mol. The van der Waals surface area contributed by atoms with Gasteiger partial charge in [0.1, 0.15) is 10.6 Å². The molecule has 0 aliphatic carbocycles. The van der Waals surface area contributed by atoms with Gasteiger partial charge < -0.3 is 21.1 Å². The number of nitrogens with one attached hydrogen (secondary N) is 1. The topological polar surface area (TPSA) is 121 Å². The van der Waals surface area contributed by atoms with E-state index in [2.05, 4.69) is 15.3 Å². The molecule has 1 fully saturated rings. The minimum absolute atomic E-state index is 0.0881. The summed E-state index contributed by atoms with van der Waals surface area (Å²) in [6, 6.07) is 0. The summed E-state index contributed by atoms with van der Waals surface area (Å²) >= 11 is 1.17. The Morgan fingerprint density at radius 2 is 2.05 bits per heavy atom. The maximum atomic E-state index is 11.4. The molecule has 0 aromatic carbocycles. The fraction of sp³-hybridized carbons (Fsp3) is 0.333. The van der Waals surface area contributed by atoms with E-state index >= 15 is 0 Å². The van der Waals surface area contributed by atoms with Crippen LogP contribution in [-0.4, -0.2) is 53.1 Å². The SMILES string of the molecule is NC(=O)c1nc(N2CCNCC2)c2c(C(=O)O)csc2n1. The van der Waals surface area contributed by atoms with Crippen LogP contribution in [0, 0.1) is 0 Å². The summed E-state index contributed by atoms with van der Waals surface area (Å²) in [6.45, 7) is 2.90. The zero-order chi connectivity index (χ0) is 15.0. The highest BCUT2D eigenvalue weighted by Gasteiger charge is 2.24. The third-order valence-corrected chi connectivity index (χ3v) is 4.15. The first-order chi connectivity index (χ1) is 10.1. The Labute approximate surface area is 123 Å². The van der Waals surface area contributed by atoms with Gasteiger partial charge in [-0.2, -0.15) is 0 Å². The van der Waals surface area contributed by atoms with E-state index in [9.17, 15) is 14.7 Å². The van der Waals surface area contributed by atoms with Crippen molar-refractivity contribution in [3.8, 4) is 0 Å². The standard InChI is InChI=1S/C12H13N5O3S/c13-8(18)9-15-10(17-3-1-14-2-4-17)7-6(12(19)20)5-21-11(7)16-9/h5,14H,1-4H2,(H2,13,18)(H,19,20). The molecule has 1 saturated heterocycles. The lowest BCUT2D eigenvalue weighted by atomic mass is 10.2. The number of amides is 1. The molecule has 2 aromatic rings. The zero-order valence-electron chi connectivity index (χ0n) is 11.0. The Morgan fingerprint density at radius 1 is 1.33 bits per heavy atom. The number of carbonyl (C=O) groups is 2. The van der Waals surface area contributed by atoms with Gasteiger partial charge in [0, 0.05) is 31.6 Å². The Morgan fingerprint density at radius 3 is 2.67 bits per heavy atom. The normalized spacial score (nSPS) is 15.3. The van der Waals surface area contributed by atoms with Gasteiger partial charge in [-0.15, -0.1) is 11.3 Å². The summed E-state index contributed by atoms with van der Waals surface area (Å²) in [6.07, 6.45) is 0. The van der Waals surface area contributed by atoms with Crippen LogP contribution in [0.5, 0.6) is 0 Å². The average molecular weight is 307 g/mol. The van der Waals surface area contributed by atoms with E-state index < -0.39 is 11.9 Å². The average Bonchev–Trinajstić information content (AvgIpc) is 2.91. The molecule has 1 aliphatic heterocycles. The summed E-state index contributed by atoms with van der Waals surface area (Å²) in [7, 11) is 0. The van der Waals surface area contributed by atoms with Gasteiger partial charge in [-0.05, 0) is 0 Å². The number of anilines is 1. The first-order valence-corrected chi connectivity index (χ1v) is 7.24. The molecule has 2 aromatic heterocycles. The van der Waals surface area contributed by atoms with Crippen molar-refractivity contribution in [3.63, 3.8) is 0 Å². The molecule has 8 nitrogen and oxygen atoms in total. The Balaban J connectivity index is 2.23. The number of rotatable bonds is 3. The van der Waals surface area contributed by atoms with Gasteiger partial charge >= 0.3 is 5.97 Å². The lowest BCUT2D eigenvalue weighted by Gasteiger charge is -2.29. The van der Waals surface area contributed by atoms with Crippen LogP contribution in [0.4, 0.5) is 5.82 Å². The number of piperazine rings is 1. The number of nitrogens with zero attached hydrogens (tertiary/aromatic N) is 3. The lowest BCUT2D eigenvalue weighted by molar-refractivity contribution is 0.0699. The first-order valence-electron chi connectivity index (χ1n) is 6.36. The van der Waals surface area contributed by atoms with Crippen LogP contribution in [0.2, 0.25) is 0 Å². The van der Waals surface area contributed by atoms with Crippen molar-refractivity contribution in [1.82, 2.24) is 15.3 Å². The van der Waals surface area contributed by atoms with Crippen molar-refractivity contribution in [2.75, 3.05) is 31.1 Å². The molecular weight excluding hydrogens is 294 g/mol. The molecule has 3 rings (SSSR count). The maximum absolute atomic E-state index is 11.4. The maximum Gasteiger partial charge on any atom is 0.337 e. The van der Waals surface area contributed by atoms with Gasteiger partial charge in [-0.3, -0.25) is 4.79 Å². The third kappa shape index (κ3) is 2.41. The van der Waals surface area contributed by atoms with E-state index in [1.807, 2.05) is 4.90 Å². The van der Waals surface area contributed by atoms with Crippen LogP contribution in [0.1, 0.15) is 21.0 Å². The number of carbonyl (C=O) groups excluding carboxylic acids is 1. The van der Waals surface area contributed by atoms with Crippen LogP contribution < -0.4 is 16.0 Å². The molecule has 3 heterocycles. The molecule has 110 valence electrons. The van der Waals surface area contributed by atoms with E-state index in [1.165, 1.54) is 16.7 Å². The molecule has 21 heavy (non-hydrogen) atoms. The number of thiophene rings is 1. The molecule has 9 heteroatoms. The molecule has 0 saturated carbocycles. The number of carboxylic acids is 1. The number of hydrogen-bond acceptors (Lipinski definition) is 7.